The van der Waals surface area contributed by atoms with Gasteiger partial charge in [-0.3, -0.25) is 9.59 Å². The number of nitrogens with one attached hydrogen (secondary N) is 2. The van der Waals surface area contributed by atoms with Gasteiger partial charge in [-0.1, -0.05) is 42.5 Å². The fraction of sp³-hybridized carbons (Fsp3) is 0.250. The van der Waals surface area contributed by atoms with E-state index in [-0.39, 0.29) is 11.8 Å². The molecule has 7 heteroatoms. The SMILES string of the molecule is CNC(=O)c1c(C)cccc1NC(=O)c1cc(-c2ccccc2)c(N2CCOCC2)s1. The summed E-state index contributed by atoms with van der Waals surface area (Å²) >= 11 is 1.47. The predicted molar refractivity (Wildman–Crippen MR) is 125 cm³/mol. The lowest BCUT2D eigenvalue weighted by atomic mass is 10.1. The highest BCUT2D eigenvalue weighted by atomic mass is 32.1. The van der Waals surface area contributed by atoms with Crippen LogP contribution in [-0.4, -0.2) is 45.2 Å². The number of rotatable bonds is 5. The van der Waals surface area contributed by atoms with Crippen molar-refractivity contribution in [1.29, 1.82) is 0 Å². The molecule has 1 fully saturated rings. The second-order valence-corrected chi connectivity index (χ2v) is 8.36. The quantitative estimate of drug-likeness (QED) is 0.631. The number of amides is 2. The minimum atomic E-state index is -0.225. The van der Waals surface area contributed by atoms with Crippen LogP contribution in [0.1, 0.15) is 25.6 Å². The lowest BCUT2D eigenvalue weighted by Crippen LogP contribution is -2.35. The van der Waals surface area contributed by atoms with Gasteiger partial charge in [-0.15, -0.1) is 11.3 Å². The summed E-state index contributed by atoms with van der Waals surface area (Å²) in [6, 6.07) is 17.5. The average molecular weight is 436 g/mol. The number of anilines is 2. The smallest absolute Gasteiger partial charge is 0.265 e. The molecule has 2 heterocycles. The number of ether oxygens (including phenoxy) is 1. The molecular weight excluding hydrogens is 410 g/mol. The van der Waals surface area contributed by atoms with Crippen LogP contribution in [0.15, 0.2) is 54.6 Å². The minimum absolute atomic E-state index is 0.224. The average Bonchev–Trinajstić information content (AvgIpc) is 3.26. The van der Waals surface area contributed by atoms with Crippen molar-refractivity contribution in [2.45, 2.75) is 6.92 Å². The fourth-order valence-corrected chi connectivity index (χ4v) is 4.83. The number of carbonyl (C=O) groups excluding carboxylic acids is 2. The van der Waals surface area contributed by atoms with Gasteiger partial charge in [0.2, 0.25) is 0 Å². The van der Waals surface area contributed by atoms with Crippen LogP contribution in [0.3, 0.4) is 0 Å². The van der Waals surface area contributed by atoms with Crippen molar-refractivity contribution in [3.8, 4) is 11.1 Å². The third-order valence-corrected chi connectivity index (χ3v) is 6.49. The Morgan fingerprint density at radius 2 is 1.74 bits per heavy atom. The summed E-state index contributed by atoms with van der Waals surface area (Å²) in [5.41, 5.74) is 3.90. The van der Waals surface area contributed by atoms with Crippen molar-refractivity contribution < 1.29 is 14.3 Å². The first-order valence-electron chi connectivity index (χ1n) is 10.2. The first-order chi connectivity index (χ1) is 15.1. The van der Waals surface area contributed by atoms with Gasteiger partial charge in [0, 0.05) is 25.7 Å². The molecule has 6 nitrogen and oxygen atoms in total. The third kappa shape index (κ3) is 4.47. The molecule has 0 aliphatic carbocycles. The molecule has 0 bridgehead atoms. The molecule has 1 aromatic heterocycles. The molecule has 4 rings (SSSR count). The molecule has 31 heavy (non-hydrogen) atoms. The van der Waals surface area contributed by atoms with Crippen LogP contribution in [0.2, 0.25) is 0 Å². The molecule has 0 radical (unpaired) electrons. The third-order valence-electron chi connectivity index (χ3n) is 5.29. The molecule has 3 aromatic rings. The maximum Gasteiger partial charge on any atom is 0.265 e. The van der Waals surface area contributed by atoms with Crippen molar-refractivity contribution in [1.82, 2.24) is 5.32 Å². The van der Waals surface area contributed by atoms with Crippen molar-refractivity contribution >= 4 is 33.8 Å². The Morgan fingerprint density at radius 3 is 2.45 bits per heavy atom. The van der Waals surface area contributed by atoms with E-state index in [1.54, 1.807) is 13.1 Å². The zero-order valence-corrected chi connectivity index (χ0v) is 18.4. The Bertz CT molecular complexity index is 1090. The van der Waals surface area contributed by atoms with Crippen LogP contribution in [0.25, 0.3) is 11.1 Å². The van der Waals surface area contributed by atoms with E-state index in [0.717, 1.165) is 34.8 Å². The van der Waals surface area contributed by atoms with Crippen LogP contribution in [-0.2, 0) is 4.74 Å². The molecule has 160 valence electrons. The number of carbonyl (C=O) groups is 2. The first kappa shape index (κ1) is 21.1. The summed E-state index contributed by atoms with van der Waals surface area (Å²) in [4.78, 5) is 28.4. The molecule has 0 unspecified atom stereocenters. The van der Waals surface area contributed by atoms with E-state index >= 15 is 0 Å². The van der Waals surface area contributed by atoms with E-state index in [1.165, 1.54) is 11.3 Å². The van der Waals surface area contributed by atoms with Crippen LogP contribution < -0.4 is 15.5 Å². The zero-order valence-electron chi connectivity index (χ0n) is 17.6. The summed E-state index contributed by atoms with van der Waals surface area (Å²) in [5.74, 6) is -0.448. The van der Waals surface area contributed by atoms with Crippen LogP contribution in [0.5, 0.6) is 0 Å². The second kappa shape index (κ2) is 9.32. The van der Waals surface area contributed by atoms with Gasteiger partial charge in [0.15, 0.2) is 0 Å². The van der Waals surface area contributed by atoms with E-state index in [9.17, 15) is 9.59 Å². The molecule has 2 aromatic carbocycles. The molecule has 1 aliphatic heterocycles. The number of aryl methyl sites for hydroxylation is 1. The van der Waals surface area contributed by atoms with E-state index in [4.69, 9.17) is 4.74 Å². The summed E-state index contributed by atoms with van der Waals surface area (Å²) in [6.07, 6.45) is 0. The van der Waals surface area contributed by atoms with E-state index in [2.05, 4.69) is 27.7 Å². The standard InChI is InChI=1S/C24H25N3O3S/c1-16-7-6-10-19(21(16)23(29)25-2)26-22(28)20-15-18(17-8-4-3-5-9-17)24(31-20)27-11-13-30-14-12-27/h3-10,15H,11-14H2,1-2H3,(H,25,29)(H,26,28). The molecular formula is C24H25N3O3S. The highest BCUT2D eigenvalue weighted by molar-refractivity contribution is 7.18. The van der Waals surface area contributed by atoms with Gasteiger partial charge in [0.25, 0.3) is 11.8 Å². The summed E-state index contributed by atoms with van der Waals surface area (Å²) in [7, 11) is 1.58. The molecule has 0 spiro atoms. The highest BCUT2D eigenvalue weighted by Gasteiger charge is 2.23. The Morgan fingerprint density at radius 1 is 1.00 bits per heavy atom. The number of thiophene rings is 1. The number of benzene rings is 2. The van der Waals surface area contributed by atoms with Crippen molar-refractivity contribution in [2.75, 3.05) is 43.6 Å². The van der Waals surface area contributed by atoms with Crippen LogP contribution in [0, 0.1) is 6.92 Å². The maximum absolute atomic E-state index is 13.2. The van der Waals surface area contributed by atoms with E-state index in [1.807, 2.05) is 43.3 Å². The van der Waals surface area contributed by atoms with Gasteiger partial charge in [-0.2, -0.15) is 0 Å². The Kier molecular flexibility index (Phi) is 6.34. The second-order valence-electron chi connectivity index (χ2n) is 7.33. The number of hydrogen-bond acceptors (Lipinski definition) is 5. The molecule has 1 saturated heterocycles. The molecule has 0 saturated carbocycles. The highest BCUT2D eigenvalue weighted by Crippen LogP contribution is 2.39. The van der Waals surface area contributed by atoms with Gasteiger partial charge in [-0.05, 0) is 30.2 Å². The van der Waals surface area contributed by atoms with Gasteiger partial charge >= 0.3 is 0 Å². The van der Waals surface area contributed by atoms with Crippen LogP contribution in [0.4, 0.5) is 10.7 Å². The van der Waals surface area contributed by atoms with Gasteiger partial charge in [0.1, 0.15) is 0 Å². The summed E-state index contributed by atoms with van der Waals surface area (Å²) in [5, 5.41) is 6.66. The van der Waals surface area contributed by atoms with E-state index < -0.39 is 0 Å². The number of hydrogen-bond donors (Lipinski definition) is 2. The summed E-state index contributed by atoms with van der Waals surface area (Å²) in [6.45, 7) is 4.79. The van der Waals surface area contributed by atoms with Gasteiger partial charge in [0.05, 0.1) is 34.3 Å². The molecule has 1 aliphatic rings. The monoisotopic (exact) mass is 435 g/mol. The van der Waals surface area contributed by atoms with E-state index in [0.29, 0.717) is 29.3 Å². The first-order valence-corrected chi connectivity index (χ1v) is 11.0. The number of nitrogens with zero attached hydrogens (tertiary/aromatic N) is 1. The Balaban J connectivity index is 1.69. The van der Waals surface area contributed by atoms with Crippen molar-refractivity contribution in [3.05, 3.63) is 70.6 Å². The largest absolute Gasteiger partial charge is 0.378 e. The minimum Gasteiger partial charge on any atom is -0.378 e. The maximum atomic E-state index is 13.2. The molecule has 2 amide bonds. The van der Waals surface area contributed by atoms with Crippen LogP contribution >= 0.6 is 11.3 Å². The number of morpholine rings is 1. The predicted octanol–water partition coefficient (Wildman–Crippen LogP) is 4.17. The van der Waals surface area contributed by atoms with Crippen molar-refractivity contribution in [2.24, 2.45) is 0 Å². The summed E-state index contributed by atoms with van der Waals surface area (Å²) < 4.78 is 5.50. The zero-order chi connectivity index (χ0) is 21.8. The fourth-order valence-electron chi connectivity index (χ4n) is 3.70. The van der Waals surface area contributed by atoms with Gasteiger partial charge < -0.3 is 20.3 Å². The lowest BCUT2D eigenvalue weighted by molar-refractivity contribution is 0.0963. The molecule has 2 N–H and O–H groups in total. The Hall–Kier alpha value is -3.16. The normalized spacial score (nSPS) is 13.7. The lowest BCUT2D eigenvalue weighted by Gasteiger charge is -2.28. The Labute approximate surface area is 185 Å². The topological polar surface area (TPSA) is 70.7 Å². The van der Waals surface area contributed by atoms with Crippen molar-refractivity contribution in [3.63, 3.8) is 0 Å². The van der Waals surface area contributed by atoms with Gasteiger partial charge in [-0.25, -0.2) is 0 Å². The molecule has 0 atom stereocenters.